The van der Waals surface area contributed by atoms with Crippen LogP contribution in [0, 0.1) is 4.77 Å². The van der Waals surface area contributed by atoms with Gasteiger partial charge in [0.2, 0.25) is 0 Å². The quantitative estimate of drug-likeness (QED) is 0.674. The van der Waals surface area contributed by atoms with E-state index in [1.165, 1.54) is 11.3 Å². The molecule has 5 nitrogen and oxygen atoms in total. The Morgan fingerprint density at radius 1 is 1.17 bits per heavy atom. The molecule has 0 aliphatic rings. The molecule has 2 aromatic heterocycles. The Hall–Kier alpha value is -2.12. The molecule has 126 valence electrons. The van der Waals surface area contributed by atoms with Crippen molar-refractivity contribution in [2.45, 2.75) is 20.4 Å². The second-order valence-electron chi connectivity index (χ2n) is 5.13. The van der Waals surface area contributed by atoms with E-state index >= 15 is 0 Å². The molecular weight excluding hydrogens is 344 g/mol. The fraction of sp³-hybridized carbons (Fsp3) is 0.294. The molecule has 0 atom stereocenters. The average molecular weight is 362 g/mol. The summed E-state index contributed by atoms with van der Waals surface area (Å²) in [4.78, 5) is 15.7. The minimum Gasteiger partial charge on any atom is -0.490 e. The predicted molar refractivity (Wildman–Crippen MR) is 99.2 cm³/mol. The molecule has 0 radical (unpaired) electrons. The summed E-state index contributed by atoms with van der Waals surface area (Å²) in [5.74, 6) is 1.38. The highest BCUT2D eigenvalue weighted by atomic mass is 32.1. The number of aromatic amines is 1. The zero-order valence-electron chi connectivity index (χ0n) is 13.5. The maximum Gasteiger partial charge on any atom is 0.272 e. The number of thiophene rings is 1. The van der Waals surface area contributed by atoms with Gasteiger partial charge >= 0.3 is 0 Å². The molecule has 0 saturated heterocycles. The third-order valence-electron chi connectivity index (χ3n) is 3.54. The van der Waals surface area contributed by atoms with Crippen LogP contribution in [0.2, 0.25) is 0 Å². The maximum atomic E-state index is 12.6. The number of H-pyrrole nitrogens is 1. The zero-order chi connectivity index (χ0) is 17.1. The highest BCUT2D eigenvalue weighted by molar-refractivity contribution is 7.71. The van der Waals surface area contributed by atoms with Crippen LogP contribution in [0.3, 0.4) is 0 Å². The first kappa shape index (κ1) is 16.7. The summed E-state index contributed by atoms with van der Waals surface area (Å²) < 4.78 is 13.9. The van der Waals surface area contributed by atoms with E-state index in [4.69, 9.17) is 21.7 Å². The van der Waals surface area contributed by atoms with Gasteiger partial charge in [0, 0.05) is 0 Å². The summed E-state index contributed by atoms with van der Waals surface area (Å²) in [5, 5.41) is 1.88. The molecule has 3 rings (SSSR count). The van der Waals surface area contributed by atoms with Gasteiger partial charge in [-0.1, -0.05) is 6.07 Å². The van der Waals surface area contributed by atoms with Crippen molar-refractivity contribution in [3.8, 4) is 11.5 Å². The Morgan fingerprint density at radius 3 is 2.67 bits per heavy atom. The van der Waals surface area contributed by atoms with E-state index in [1.54, 1.807) is 4.57 Å². The van der Waals surface area contributed by atoms with Crippen LogP contribution in [0.1, 0.15) is 19.4 Å². The number of aromatic nitrogens is 2. The fourth-order valence-corrected chi connectivity index (χ4v) is 3.55. The van der Waals surface area contributed by atoms with Gasteiger partial charge in [-0.3, -0.25) is 9.36 Å². The Labute approximate surface area is 148 Å². The lowest BCUT2D eigenvalue weighted by Crippen LogP contribution is -2.21. The molecule has 0 spiro atoms. The third-order valence-corrected chi connectivity index (χ3v) is 4.76. The van der Waals surface area contributed by atoms with E-state index in [-0.39, 0.29) is 5.56 Å². The molecule has 0 aliphatic carbocycles. The number of fused-ring (bicyclic) bond motifs is 1. The number of rotatable bonds is 6. The van der Waals surface area contributed by atoms with Gasteiger partial charge in [0.05, 0.1) is 25.3 Å². The van der Waals surface area contributed by atoms with Crippen LogP contribution in [-0.2, 0) is 6.54 Å². The van der Waals surface area contributed by atoms with E-state index in [1.807, 2.05) is 43.5 Å². The van der Waals surface area contributed by atoms with Crippen LogP contribution in [0.15, 0.2) is 34.4 Å². The van der Waals surface area contributed by atoms with Crippen LogP contribution in [0.4, 0.5) is 0 Å². The number of nitrogens with zero attached hydrogens (tertiary/aromatic N) is 1. The Balaban J connectivity index is 2.01. The van der Waals surface area contributed by atoms with E-state index in [0.717, 1.165) is 11.1 Å². The first-order chi connectivity index (χ1) is 11.6. The van der Waals surface area contributed by atoms with Gasteiger partial charge in [0.25, 0.3) is 5.56 Å². The van der Waals surface area contributed by atoms with Crippen molar-refractivity contribution < 1.29 is 9.47 Å². The molecule has 1 aromatic carbocycles. The normalized spacial score (nSPS) is 10.9. The monoisotopic (exact) mass is 362 g/mol. The predicted octanol–water partition coefficient (Wildman–Crippen LogP) is 3.97. The molecule has 7 heteroatoms. The second kappa shape index (κ2) is 7.19. The van der Waals surface area contributed by atoms with Gasteiger partial charge in [0.1, 0.15) is 4.70 Å². The lowest BCUT2D eigenvalue weighted by atomic mass is 10.2. The Kier molecular flexibility index (Phi) is 5.01. The van der Waals surface area contributed by atoms with Crippen LogP contribution in [-0.4, -0.2) is 22.8 Å². The van der Waals surface area contributed by atoms with Crippen LogP contribution in [0.25, 0.3) is 10.2 Å². The summed E-state index contributed by atoms with van der Waals surface area (Å²) in [6.45, 7) is 5.35. The standard InChI is InChI=1S/C17H18N2O3S2/c1-3-21-13-6-5-11(9-14(13)22-4-2)10-19-16(20)15-12(7-8-24-15)18-17(19)23/h5-9H,3-4,10H2,1-2H3,(H,18,23). The van der Waals surface area contributed by atoms with Crippen molar-refractivity contribution >= 4 is 33.8 Å². The Bertz CT molecular complexity index is 972. The number of hydrogen-bond acceptors (Lipinski definition) is 5. The molecule has 0 unspecified atom stereocenters. The fourth-order valence-electron chi connectivity index (χ4n) is 2.49. The van der Waals surface area contributed by atoms with E-state index in [2.05, 4.69) is 4.98 Å². The van der Waals surface area contributed by atoms with Crippen molar-refractivity contribution in [3.63, 3.8) is 0 Å². The molecule has 0 amide bonds. The SMILES string of the molecule is CCOc1ccc(Cn2c(=S)[nH]c3ccsc3c2=O)cc1OCC. The molecular formula is C17H18N2O3S2. The van der Waals surface area contributed by atoms with Crippen LogP contribution in [0.5, 0.6) is 11.5 Å². The topological polar surface area (TPSA) is 56.2 Å². The number of benzene rings is 1. The minimum atomic E-state index is -0.0735. The molecule has 0 aliphatic heterocycles. The van der Waals surface area contributed by atoms with Gasteiger partial charge in [-0.25, -0.2) is 0 Å². The summed E-state index contributed by atoms with van der Waals surface area (Å²) in [7, 11) is 0. The smallest absolute Gasteiger partial charge is 0.272 e. The van der Waals surface area contributed by atoms with Crippen molar-refractivity contribution in [1.82, 2.24) is 9.55 Å². The van der Waals surface area contributed by atoms with E-state index in [9.17, 15) is 4.79 Å². The highest BCUT2D eigenvalue weighted by Gasteiger charge is 2.10. The minimum absolute atomic E-state index is 0.0735. The largest absolute Gasteiger partial charge is 0.490 e. The third kappa shape index (κ3) is 3.22. The van der Waals surface area contributed by atoms with Gasteiger partial charge in [0.15, 0.2) is 16.3 Å². The van der Waals surface area contributed by atoms with Crippen molar-refractivity contribution in [1.29, 1.82) is 0 Å². The van der Waals surface area contributed by atoms with Crippen LogP contribution >= 0.6 is 23.6 Å². The van der Waals surface area contributed by atoms with Gasteiger partial charge < -0.3 is 14.5 Å². The zero-order valence-corrected chi connectivity index (χ0v) is 15.1. The second-order valence-corrected chi connectivity index (χ2v) is 6.43. The average Bonchev–Trinajstić information content (AvgIpc) is 3.02. The van der Waals surface area contributed by atoms with Crippen molar-refractivity contribution in [2.75, 3.05) is 13.2 Å². The summed E-state index contributed by atoms with van der Waals surface area (Å²) >= 11 is 6.75. The molecule has 1 N–H and O–H groups in total. The molecule has 3 aromatic rings. The number of hydrogen-bond donors (Lipinski definition) is 1. The summed E-state index contributed by atoms with van der Waals surface area (Å²) in [6, 6.07) is 7.55. The molecule has 0 saturated carbocycles. The highest BCUT2D eigenvalue weighted by Crippen LogP contribution is 2.28. The van der Waals surface area contributed by atoms with Gasteiger partial charge in [-0.15, -0.1) is 11.3 Å². The van der Waals surface area contributed by atoms with Crippen molar-refractivity contribution in [2.24, 2.45) is 0 Å². The lowest BCUT2D eigenvalue weighted by molar-refractivity contribution is 0.287. The molecule has 0 bridgehead atoms. The maximum absolute atomic E-state index is 12.6. The molecule has 24 heavy (non-hydrogen) atoms. The van der Waals surface area contributed by atoms with Crippen LogP contribution < -0.4 is 15.0 Å². The van der Waals surface area contributed by atoms with Gasteiger partial charge in [-0.2, -0.15) is 0 Å². The lowest BCUT2D eigenvalue weighted by Gasteiger charge is -2.13. The van der Waals surface area contributed by atoms with Gasteiger partial charge in [-0.05, 0) is 55.2 Å². The van der Waals surface area contributed by atoms with E-state index in [0.29, 0.717) is 40.7 Å². The van der Waals surface area contributed by atoms with Crippen molar-refractivity contribution in [3.05, 3.63) is 50.3 Å². The first-order valence-electron chi connectivity index (χ1n) is 7.72. The summed E-state index contributed by atoms with van der Waals surface area (Å²) in [5.41, 5.74) is 1.64. The first-order valence-corrected chi connectivity index (χ1v) is 9.01. The van der Waals surface area contributed by atoms with E-state index < -0.39 is 0 Å². The number of ether oxygens (including phenoxy) is 2. The Morgan fingerprint density at radius 2 is 1.92 bits per heavy atom. The number of nitrogens with one attached hydrogen (secondary N) is 1. The molecule has 0 fully saturated rings. The summed E-state index contributed by atoms with van der Waals surface area (Å²) in [6.07, 6.45) is 0. The molecule has 2 heterocycles.